The fraction of sp³-hybridized carbons (Fsp3) is 0.217. The average molecular weight is 423 g/mol. The largest absolute Gasteiger partial charge is 0.365 e. The molecule has 3 heterocycles. The minimum atomic E-state index is -0.307. The topological polar surface area (TPSA) is 105 Å². The molecule has 8 nitrogen and oxygen atoms in total. The molecule has 0 fully saturated rings. The van der Waals surface area contributed by atoms with E-state index >= 15 is 0 Å². The Hall–Kier alpha value is -3.94. The number of rotatable bonds is 8. The molecule has 0 aliphatic heterocycles. The van der Waals surface area contributed by atoms with E-state index in [4.69, 9.17) is 0 Å². The summed E-state index contributed by atoms with van der Waals surface area (Å²) in [5.74, 6) is -0.00255. The molecule has 3 N–H and O–H groups in total. The molecule has 0 spiro atoms. The molecule has 0 atom stereocenters. The van der Waals surface area contributed by atoms with Crippen molar-refractivity contribution in [3.8, 4) is 0 Å². The highest BCUT2D eigenvalue weighted by molar-refractivity contribution is 5.77. The highest BCUT2D eigenvalue weighted by Crippen LogP contribution is 2.11. The van der Waals surface area contributed by atoms with E-state index in [0.717, 1.165) is 23.0 Å². The molecule has 0 saturated heterocycles. The van der Waals surface area contributed by atoms with Crippen molar-refractivity contribution in [3.05, 3.63) is 88.2 Å². The summed E-state index contributed by atoms with van der Waals surface area (Å²) >= 11 is 0. The quantitative estimate of drug-likeness (QED) is 0.405. The number of pyridine rings is 1. The van der Waals surface area contributed by atoms with Gasteiger partial charge in [0.2, 0.25) is 5.91 Å². The van der Waals surface area contributed by atoms with Crippen molar-refractivity contribution in [1.29, 1.82) is 0 Å². The average Bonchev–Trinajstić information content (AvgIpc) is 3.25. The van der Waals surface area contributed by atoms with Crippen molar-refractivity contribution < 1.29 is 9.07 Å². The molecular formula is C23H30N6O2. The first-order valence-electron chi connectivity index (χ1n) is 10.1. The molecule has 31 heavy (non-hydrogen) atoms. The predicted molar refractivity (Wildman–Crippen MR) is 126 cm³/mol. The summed E-state index contributed by atoms with van der Waals surface area (Å²) in [5.41, 5.74) is 3.20. The van der Waals surface area contributed by atoms with Gasteiger partial charge in [-0.25, -0.2) is 9.97 Å². The minimum absolute atomic E-state index is 0. The second-order valence-corrected chi connectivity index (χ2v) is 7.34. The maximum absolute atomic E-state index is 12.8. The molecule has 1 aromatic carbocycles. The van der Waals surface area contributed by atoms with Gasteiger partial charge in [0.25, 0.3) is 5.56 Å². The van der Waals surface area contributed by atoms with Crippen molar-refractivity contribution in [2.24, 2.45) is 0 Å². The lowest BCUT2D eigenvalue weighted by atomic mass is 10.1. The van der Waals surface area contributed by atoms with Crippen molar-refractivity contribution in [2.45, 2.75) is 26.4 Å². The van der Waals surface area contributed by atoms with E-state index in [2.05, 4.69) is 25.6 Å². The number of carbonyl (C=O) groups excluding carboxylic acids is 1. The number of benzene rings is 1. The number of aryl methyl sites for hydroxylation is 1. The van der Waals surface area contributed by atoms with Gasteiger partial charge in [0, 0.05) is 47.0 Å². The lowest BCUT2D eigenvalue weighted by Gasteiger charge is -2.12. The Balaban J connectivity index is 0.00000193. The third kappa shape index (κ3) is 4.98. The Labute approximate surface area is 183 Å². The molecule has 0 radical (unpaired) electrons. The monoisotopic (exact) mass is 422 g/mol. The van der Waals surface area contributed by atoms with Gasteiger partial charge in [-0.1, -0.05) is 30.3 Å². The van der Waals surface area contributed by atoms with Crippen LogP contribution in [0.25, 0.3) is 11.0 Å². The highest BCUT2D eigenvalue weighted by Gasteiger charge is 2.11. The molecule has 0 aliphatic carbocycles. The molecular weight excluding hydrogens is 392 g/mol. The van der Waals surface area contributed by atoms with Crippen molar-refractivity contribution in [3.63, 3.8) is 0 Å². The third-order valence-electron chi connectivity index (χ3n) is 5.05. The van der Waals surface area contributed by atoms with E-state index in [9.17, 15) is 9.59 Å². The Kier molecular flexibility index (Phi) is 6.07. The van der Waals surface area contributed by atoms with Crippen molar-refractivity contribution >= 4 is 22.8 Å². The van der Waals surface area contributed by atoms with Gasteiger partial charge in [0.15, 0.2) is 5.82 Å². The SMILES string of the molecule is Cc1cnc(NCCc2ccccc2)c(=O)n1CC(=O)NCc1cnc2[nH]ccc2c1.[HH].[HH].[HH]. The number of hydrogen-bond donors (Lipinski definition) is 3. The second-order valence-electron chi connectivity index (χ2n) is 7.34. The van der Waals surface area contributed by atoms with Crippen LogP contribution in [0, 0.1) is 6.92 Å². The second kappa shape index (κ2) is 9.25. The summed E-state index contributed by atoms with van der Waals surface area (Å²) in [4.78, 5) is 36.8. The lowest BCUT2D eigenvalue weighted by Crippen LogP contribution is -2.34. The van der Waals surface area contributed by atoms with Crippen LogP contribution in [0.1, 0.15) is 21.1 Å². The Bertz CT molecular complexity index is 1260. The Morgan fingerprint density at radius 1 is 1.13 bits per heavy atom. The van der Waals surface area contributed by atoms with Gasteiger partial charge in [-0.15, -0.1) is 0 Å². The third-order valence-corrected chi connectivity index (χ3v) is 5.05. The number of carbonyl (C=O) groups is 1. The molecule has 164 valence electrons. The van der Waals surface area contributed by atoms with E-state index in [1.165, 1.54) is 10.1 Å². The number of aromatic nitrogens is 4. The molecule has 0 bridgehead atoms. The van der Waals surface area contributed by atoms with E-state index in [1.54, 1.807) is 19.3 Å². The van der Waals surface area contributed by atoms with Crippen LogP contribution in [0.2, 0.25) is 0 Å². The van der Waals surface area contributed by atoms with E-state index < -0.39 is 0 Å². The molecule has 0 unspecified atom stereocenters. The number of fused-ring (bicyclic) bond motifs is 1. The van der Waals surface area contributed by atoms with Crippen LogP contribution in [0.15, 0.2) is 65.8 Å². The summed E-state index contributed by atoms with van der Waals surface area (Å²) in [5, 5.41) is 6.93. The van der Waals surface area contributed by atoms with Crippen molar-refractivity contribution in [1.82, 2.24) is 24.8 Å². The van der Waals surface area contributed by atoms with Crippen LogP contribution in [0.4, 0.5) is 5.82 Å². The van der Waals surface area contributed by atoms with Crippen LogP contribution < -0.4 is 16.2 Å². The summed E-state index contributed by atoms with van der Waals surface area (Å²) in [6.07, 6.45) is 5.92. The number of H-pyrrole nitrogens is 1. The van der Waals surface area contributed by atoms with E-state index in [0.29, 0.717) is 18.8 Å². The summed E-state index contributed by atoms with van der Waals surface area (Å²) in [6, 6.07) is 13.9. The van der Waals surface area contributed by atoms with Gasteiger partial charge >= 0.3 is 0 Å². The first-order chi connectivity index (χ1) is 15.1. The van der Waals surface area contributed by atoms with Crippen LogP contribution >= 0.6 is 0 Å². The molecule has 4 rings (SSSR count). The van der Waals surface area contributed by atoms with Crippen LogP contribution in [-0.4, -0.2) is 32.0 Å². The number of nitrogens with zero attached hydrogens (tertiary/aromatic N) is 3. The fourth-order valence-electron chi connectivity index (χ4n) is 3.34. The maximum Gasteiger partial charge on any atom is 0.293 e. The normalized spacial score (nSPS) is 10.9. The number of anilines is 1. The number of hydrogen-bond acceptors (Lipinski definition) is 5. The molecule has 3 aromatic heterocycles. The van der Waals surface area contributed by atoms with Crippen LogP contribution in [0.5, 0.6) is 0 Å². The van der Waals surface area contributed by atoms with Gasteiger partial charge in [0.05, 0.1) is 0 Å². The summed E-state index contributed by atoms with van der Waals surface area (Å²) in [6.45, 7) is 2.61. The van der Waals surface area contributed by atoms with Gasteiger partial charge in [0.1, 0.15) is 12.2 Å². The van der Waals surface area contributed by atoms with Gasteiger partial charge < -0.3 is 15.6 Å². The number of aromatic amines is 1. The van der Waals surface area contributed by atoms with E-state index in [-0.39, 0.29) is 28.1 Å². The summed E-state index contributed by atoms with van der Waals surface area (Å²) < 4.78 is 1.43. The molecule has 0 saturated carbocycles. The Morgan fingerprint density at radius 3 is 2.81 bits per heavy atom. The van der Waals surface area contributed by atoms with Crippen LogP contribution in [0.3, 0.4) is 0 Å². The predicted octanol–water partition coefficient (Wildman–Crippen LogP) is 3.14. The van der Waals surface area contributed by atoms with E-state index in [1.807, 2.05) is 48.7 Å². The van der Waals surface area contributed by atoms with Gasteiger partial charge in [-0.3, -0.25) is 14.2 Å². The molecule has 1 amide bonds. The lowest BCUT2D eigenvalue weighted by molar-refractivity contribution is -0.121. The Morgan fingerprint density at radius 2 is 1.97 bits per heavy atom. The molecule has 4 aromatic rings. The van der Waals surface area contributed by atoms with Crippen LogP contribution in [-0.2, 0) is 24.3 Å². The van der Waals surface area contributed by atoms with Crippen molar-refractivity contribution in [2.75, 3.05) is 11.9 Å². The van der Waals surface area contributed by atoms with Gasteiger partial charge in [-0.05, 0) is 36.6 Å². The minimum Gasteiger partial charge on any atom is -0.365 e. The zero-order valence-corrected chi connectivity index (χ0v) is 17.3. The molecule has 8 heteroatoms. The smallest absolute Gasteiger partial charge is 0.293 e. The van der Waals surface area contributed by atoms with Gasteiger partial charge in [-0.2, -0.15) is 0 Å². The number of amides is 1. The molecule has 0 aliphatic rings. The zero-order valence-electron chi connectivity index (χ0n) is 17.3. The fourth-order valence-corrected chi connectivity index (χ4v) is 3.34. The number of nitrogens with one attached hydrogen (secondary N) is 3. The maximum atomic E-state index is 12.8. The highest BCUT2D eigenvalue weighted by atomic mass is 16.2. The first kappa shape index (κ1) is 20.3. The zero-order chi connectivity index (χ0) is 21.6. The first-order valence-corrected chi connectivity index (χ1v) is 10.1. The summed E-state index contributed by atoms with van der Waals surface area (Å²) in [7, 11) is 0. The standard InChI is InChI=1S/C23H24N6O2.3H2/c1-16-12-27-22(25-9-7-17-5-3-2-4-6-17)23(31)29(16)15-20(30)26-13-18-11-19-8-10-24-21(19)28-14-18;;;/h2-6,8,10-12,14H,7,9,13,15H2,1H3,(H,24,28)(H,25,27)(H,26,30);3*1H.